The van der Waals surface area contributed by atoms with Gasteiger partial charge in [0.15, 0.2) is 0 Å². The number of aromatic nitrogens is 3. The number of rotatable bonds is 6. The second-order valence-corrected chi connectivity index (χ2v) is 8.16. The van der Waals surface area contributed by atoms with Crippen molar-refractivity contribution in [2.75, 3.05) is 52.3 Å². The van der Waals surface area contributed by atoms with Gasteiger partial charge in [0.2, 0.25) is 5.91 Å². The Morgan fingerprint density at radius 3 is 2.97 bits per heavy atom. The number of ether oxygens (including phenoxy) is 1. The van der Waals surface area contributed by atoms with Crippen molar-refractivity contribution in [3.05, 3.63) is 30.2 Å². The van der Waals surface area contributed by atoms with E-state index in [0.717, 1.165) is 62.4 Å². The Balaban J connectivity index is 1.45. The van der Waals surface area contributed by atoms with Crippen LogP contribution in [0.15, 0.2) is 24.7 Å². The van der Waals surface area contributed by atoms with E-state index in [4.69, 9.17) is 4.74 Å². The van der Waals surface area contributed by atoms with Crippen molar-refractivity contribution in [2.45, 2.75) is 31.2 Å². The molecule has 0 saturated carbocycles. The zero-order valence-electron chi connectivity index (χ0n) is 17.2. The predicted octanol–water partition coefficient (Wildman–Crippen LogP) is 1.98. The van der Waals surface area contributed by atoms with Crippen LogP contribution in [-0.4, -0.2) is 83.6 Å². The molecule has 2 fully saturated rings. The number of anilines is 1. The standard InChI is InChI=1S/C21H30N6O2/c1-26(2)8-3-4-18(28)27-9-5-16(13-27)25-21-19-17(15-6-10-29-11-7-15)12-22-20(19)23-14-24-21/h3-4,12,14-16H,5-11,13H2,1-2H3,(H2,22,23,24,25)/b4-3+/t16-/m1/s1. The van der Waals surface area contributed by atoms with Crippen LogP contribution in [-0.2, 0) is 9.53 Å². The van der Waals surface area contributed by atoms with Gasteiger partial charge in [-0.05, 0) is 44.8 Å². The summed E-state index contributed by atoms with van der Waals surface area (Å²) in [6, 6.07) is 0.191. The fourth-order valence-corrected chi connectivity index (χ4v) is 4.17. The first kappa shape index (κ1) is 19.8. The number of amides is 1. The van der Waals surface area contributed by atoms with Gasteiger partial charge in [-0.2, -0.15) is 0 Å². The van der Waals surface area contributed by atoms with E-state index in [2.05, 4.69) is 26.5 Å². The second kappa shape index (κ2) is 8.92. The molecule has 1 amide bonds. The number of nitrogens with zero attached hydrogens (tertiary/aromatic N) is 4. The second-order valence-electron chi connectivity index (χ2n) is 8.16. The van der Waals surface area contributed by atoms with Gasteiger partial charge in [-0.15, -0.1) is 0 Å². The lowest BCUT2D eigenvalue weighted by Crippen LogP contribution is -2.30. The highest BCUT2D eigenvalue weighted by Crippen LogP contribution is 2.35. The Morgan fingerprint density at radius 1 is 1.34 bits per heavy atom. The maximum Gasteiger partial charge on any atom is 0.246 e. The summed E-state index contributed by atoms with van der Waals surface area (Å²) in [7, 11) is 3.98. The molecule has 8 nitrogen and oxygen atoms in total. The number of fused-ring (bicyclic) bond motifs is 1. The third-order valence-electron chi connectivity index (χ3n) is 5.73. The zero-order chi connectivity index (χ0) is 20.2. The molecule has 0 radical (unpaired) electrons. The topological polar surface area (TPSA) is 86.4 Å². The lowest BCUT2D eigenvalue weighted by atomic mass is 9.92. The van der Waals surface area contributed by atoms with Gasteiger partial charge < -0.3 is 24.8 Å². The summed E-state index contributed by atoms with van der Waals surface area (Å²) in [5.41, 5.74) is 2.13. The van der Waals surface area contributed by atoms with Crippen molar-refractivity contribution < 1.29 is 9.53 Å². The number of likely N-dealkylation sites (N-methyl/N-ethyl adjacent to an activating group) is 1. The minimum absolute atomic E-state index is 0.0773. The molecule has 0 unspecified atom stereocenters. The van der Waals surface area contributed by atoms with Gasteiger partial charge in [0.05, 0.1) is 5.39 Å². The summed E-state index contributed by atoms with van der Waals surface area (Å²) in [6.45, 7) is 3.82. The Labute approximate surface area is 171 Å². The highest BCUT2D eigenvalue weighted by Gasteiger charge is 2.27. The number of hydrogen-bond donors (Lipinski definition) is 2. The van der Waals surface area contributed by atoms with Gasteiger partial charge in [-0.25, -0.2) is 9.97 Å². The van der Waals surface area contributed by atoms with E-state index in [-0.39, 0.29) is 11.9 Å². The van der Waals surface area contributed by atoms with Crippen molar-refractivity contribution in [1.29, 1.82) is 0 Å². The predicted molar refractivity (Wildman–Crippen MR) is 113 cm³/mol. The molecule has 2 aromatic heterocycles. The van der Waals surface area contributed by atoms with Gasteiger partial charge in [0.1, 0.15) is 17.8 Å². The first-order chi connectivity index (χ1) is 14.1. The first-order valence-corrected chi connectivity index (χ1v) is 10.4. The molecule has 2 aliphatic rings. The molecule has 0 bridgehead atoms. The Hall–Kier alpha value is -2.45. The molecule has 8 heteroatoms. The van der Waals surface area contributed by atoms with Crippen molar-refractivity contribution in [1.82, 2.24) is 24.8 Å². The summed E-state index contributed by atoms with van der Waals surface area (Å²) in [5, 5.41) is 4.66. The number of carbonyl (C=O) groups is 1. The van der Waals surface area contributed by atoms with E-state index in [1.165, 1.54) is 5.56 Å². The maximum absolute atomic E-state index is 12.4. The van der Waals surface area contributed by atoms with Gasteiger partial charge in [-0.3, -0.25) is 4.79 Å². The minimum atomic E-state index is 0.0773. The first-order valence-electron chi connectivity index (χ1n) is 10.4. The quantitative estimate of drug-likeness (QED) is 0.724. The number of nitrogens with one attached hydrogen (secondary N) is 2. The number of H-pyrrole nitrogens is 1. The van der Waals surface area contributed by atoms with Gasteiger partial charge in [0.25, 0.3) is 0 Å². The van der Waals surface area contributed by atoms with Gasteiger partial charge in [0, 0.05) is 51.2 Å². The van der Waals surface area contributed by atoms with Crippen molar-refractivity contribution >= 4 is 22.8 Å². The number of hydrogen-bond acceptors (Lipinski definition) is 6. The van der Waals surface area contributed by atoms with Crippen LogP contribution in [0.25, 0.3) is 11.0 Å². The third kappa shape index (κ3) is 4.59. The lowest BCUT2D eigenvalue weighted by Gasteiger charge is -2.22. The Morgan fingerprint density at radius 2 is 2.17 bits per heavy atom. The Bertz CT molecular complexity index is 871. The number of aromatic amines is 1. The molecule has 4 rings (SSSR count). The molecule has 4 heterocycles. The van der Waals surface area contributed by atoms with Crippen LogP contribution in [0.5, 0.6) is 0 Å². The summed E-state index contributed by atoms with van der Waals surface area (Å²) >= 11 is 0. The summed E-state index contributed by atoms with van der Waals surface area (Å²) in [6.07, 6.45) is 10.2. The summed E-state index contributed by atoms with van der Waals surface area (Å²) in [5.74, 6) is 1.40. The molecule has 0 spiro atoms. The molecule has 1 atom stereocenters. The van der Waals surface area contributed by atoms with Crippen LogP contribution in [0, 0.1) is 0 Å². The number of likely N-dealkylation sites (tertiary alicyclic amines) is 1. The maximum atomic E-state index is 12.4. The summed E-state index contributed by atoms with van der Waals surface area (Å²) < 4.78 is 5.52. The average molecular weight is 399 g/mol. The van der Waals surface area contributed by atoms with Crippen LogP contribution >= 0.6 is 0 Å². The van der Waals surface area contributed by atoms with E-state index >= 15 is 0 Å². The molecule has 2 saturated heterocycles. The van der Waals surface area contributed by atoms with Crippen LogP contribution in [0.2, 0.25) is 0 Å². The Kier molecular flexibility index (Phi) is 6.10. The minimum Gasteiger partial charge on any atom is -0.381 e. The van der Waals surface area contributed by atoms with E-state index in [1.54, 1.807) is 12.4 Å². The fraction of sp³-hybridized carbons (Fsp3) is 0.571. The van der Waals surface area contributed by atoms with Crippen LogP contribution in [0.3, 0.4) is 0 Å². The molecule has 0 aromatic carbocycles. The highest BCUT2D eigenvalue weighted by molar-refractivity contribution is 5.91. The fourth-order valence-electron chi connectivity index (χ4n) is 4.17. The van der Waals surface area contributed by atoms with Crippen LogP contribution < -0.4 is 5.32 Å². The van der Waals surface area contributed by atoms with Gasteiger partial charge >= 0.3 is 0 Å². The molecule has 2 aliphatic heterocycles. The van der Waals surface area contributed by atoms with E-state index in [9.17, 15) is 4.79 Å². The normalized spacial score (nSPS) is 20.9. The van der Waals surface area contributed by atoms with E-state index in [0.29, 0.717) is 12.5 Å². The molecular weight excluding hydrogens is 368 g/mol. The lowest BCUT2D eigenvalue weighted by molar-refractivity contribution is -0.125. The third-order valence-corrected chi connectivity index (χ3v) is 5.73. The molecular formula is C21H30N6O2. The van der Waals surface area contributed by atoms with E-state index in [1.807, 2.05) is 30.0 Å². The molecule has 2 aromatic rings. The summed E-state index contributed by atoms with van der Waals surface area (Å²) in [4.78, 5) is 28.6. The number of carbonyl (C=O) groups excluding carboxylic acids is 1. The molecule has 29 heavy (non-hydrogen) atoms. The molecule has 156 valence electrons. The van der Waals surface area contributed by atoms with Crippen molar-refractivity contribution in [3.8, 4) is 0 Å². The van der Waals surface area contributed by atoms with Gasteiger partial charge in [-0.1, -0.05) is 6.08 Å². The highest BCUT2D eigenvalue weighted by atomic mass is 16.5. The molecule has 0 aliphatic carbocycles. The monoisotopic (exact) mass is 398 g/mol. The van der Waals surface area contributed by atoms with Crippen LogP contribution in [0.4, 0.5) is 5.82 Å². The smallest absolute Gasteiger partial charge is 0.246 e. The SMILES string of the molecule is CN(C)C/C=C/C(=O)N1CC[C@@H](Nc2ncnc3[nH]cc(C4CCOCC4)c23)C1. The van der Waals surface area contributed by atoms with E-state index < -0.39 is 0 Å². The van der Waals surface area contributed by atoms with Crippen molar-refractivity contribution in [2.24, 2.45) is 0 Å². The molecule has 2 N–H and O–H groups in total. The zero-order valence-corrected chi connectivity index (χ0v) is 17.2. The average Bonchev–Trinajstić information content (AvgIpc) is 3.36. The van der Waals surface area contributed by atoms with Crippen LogP contribution in [0.1, 0.15) is 30.7 Å². The largest absolute Gasteiger partial charge is 0.381 e. The van der Waals surface area contributed by atoms with Crippen molar-refractivity contribution in [3.63, 3.8) is 0 Å².